The molecule has 0 heterocycles. The van der Waals surface area contributed by atoms with Crippen molar-refractivity contribution in [3.63, 3.8) is 0 Å². The van der Waals surface area contributed by atoms with Crippen LogP contribution < -0.4 is 0 Å². The molecule has 0 saturated heterocycles. The van der Waals surface area contributed by atoms with Crippen molar-refractivity contribution in [3.05, 3.63) is 50.9 Å². The van der Waals surface area contributed by atoms with Crippen LogP contribution in [-0.2, 0) is 14.6 Å². The molecule has 0 N–H and O–H groups in total. The van der Waals surface area contributed by atoms with E-state index in [-0.39, 0.29) is 15.4 Å². The first kappa shape index (κ1) is 17.5. The second-order valence-corrected chi connectivity index (χ2v) is 8.61. The summed E-state index contributed by atoms with van der Waals surface area (Å²) in [7, 11) is -2.55. The van der Waals surface area contributed by atoms with Crippen LogP contribution in [0.2, 0.25) is 0 Å². The van der Waals surface area contributed by atoms with Gasteiger partial charge in [0, 0.05) is 13.8 Å². The number of carbonyl (C=O) groups excluding carboxylic acids is 1. The van der Waals surface area contributed by atoms with Gasteiger partial charge in [0.15, 0.2) is 0 Å². The quantitative estimate of drug-likeness (QED) is 0.547. The lowest BCUT2D eigenvalue weighted by Gasteiger charge is -2.09. The Morgan fingerprint density at radius 1 is 1.00 bits per heavy atom. The van der Waals surface area contributed by atoms with E-state index in [2.05, 4.69) is 49.2 Å². The Bertz CT molecular complexity index is 828. The molecule has 0 aliphatic heterocycles. The number of ether oxygens (including phenoxy) is 1. The van der Waals surface area contributed by atoms with E-state index < -0.39 is 15.8 Å². The third-order valence-corrected chi connectivity index (χ3v) is 5.66. The van der Waals surface area contributed by atoms with Crippen molar-refractivity contribution in [2.24, 2.45) is 0 Å². The molecule has 0 radical (unpaired) electrons. The van der Waals surface area contributed by atoms with Gasteiger partial charge in [-0.2, -0.15) is 0 Å². The van der Waals surface area contributed by atoms with E-state index in [1.165, 1.54) is 37.4 Å². The van der Waals surface area contributed by atoms with Gasteiger partial charge in [-0.15, -0.1) is 12.6 Å². The highest BCUT2D eigenvalue weighted by Gasteiger charge is 2.21. The van der Waals surface area contributed by atoms with Gasteiger partial charge < -0.3 is 4.74 Å². The minimum atomic E-state index is -3.79. The molecule has 2 rings (SSSR count). The number of hydrogen-bond donors (Lipinski definition) is 1. The number of halogens is 2. The highest BCUT2D eigenvalue weighted by Crippen LogP contribution is 2.29. The van der Waals surface area contributed by atoms with Crippen LogP contribution >= 0.6 is 44.5 Å². The maximum absolute atomic E-state index is 12.7. The van der Waals surface area contributed by atoms with Crippen molar-refractivity contribution < 1.29 is 17.9 Å². The maximum atomic E-state index is 12.7. The normalized spacial score (nSPS) is 11.3. The Kier molecular flexibility index (Phi) is 5.37. The van der Waals surface area contributed by atoms with Gasteiger partial charge in [-0.05, 0) is 36.4 Å². The number of sulfone groups is 1. The van der Waals surface area contributed by atoms with Crippen LogP contribution in [0, 0.1) is 0 Å². The Hall–Kier alpha value is -0.830. The topological polar surface area (TPSA) is 60.4 Å². The molecule has 116 valence electrons. The van der Waals surface area contributed by atoms with Gasteiger partial charge in [0.25, 0.3) is 0 Å². The van der Waals surface area contributed by atoms with Crippen molar-refractivity contribution in [2.75, 3.05) is 7.11 Å². The van der Waals surface area contributed by atoms with Crippen LogP contribution in [0.5, 0.6) is 0 Å². The van der Waals surface area contributed by atoms with Gasteiger partial charge in [0.05, 0.1) is 22.5 Å². The van der Waals surface area contributed by atoms with Gasteiger partial charge in [-0.25, -0.2) is 13.2 Å². The number of thiol groups is 1. The van der Waals surface area contributed by atoms with Crippen LogP contribution in [0.4, 0.5) is 0 Å². The molecule has 0 amide bonds. The van der Waals surface area contributed by atoms with Crippen LogP contribution in [0.3, 0.4) is 0 Å². The summed E-state index contributed by atoms with van der Waals surface area (Å²) in [6.07, 6.45) is 0. The third kappa shape index (κ3) is 3.73. The molecular formula is C14H10Br2O4S2. The van der Waals surface area contributed by atoms with Crippen molar-refractivity contribution in [1.29, 1.82) is 0 Å². The fraction of sp³-hybridized carbons (Fsp3) is 0.0714. The Balaban J connectivity index is 2.63. The van der Waals surface area contributed by atoms with Crippen LogP contribution in [0.15, 0.2) is 60.0 Å². The molecule has 22 heavy (non-hydrogen) atoms. The monoisotopic (exact) mass is 464 g/mol. The zero-order valence-electron chi connectivity index (χ0n) is 11.2. The Labute approximate surface area is 150 Å². The average molecular weight is 466 g/mol. The Morgan fingerprint density at radius 2 is 1.55 bits per heavy atom. The lowest BCUT2D eigenvalue weighted by Crippen LogP contribution is -2.06. The summed E-state index contributed by atoms with van der Waals surface area (Å²) in [6, 6.07) is 8.82. The summed E-state index contributed by atoms with van der Waals surface area (Å²) >= 11 is 10.6. The van der Waals surface area contributed by atoms with E-state index in [9.17, 15) is 13.2 Å². The molecule has 0 aromatic heterocycles. The first-order valence-electron chi connectivity index (χ1n) is 5.87. The molecule has 0 aliphatic carbocycles. The second kappa shape index (κ2) is 6.74. The molecule has 8 heteroatoms. The van der Waals surface area contributed by atoms with E-state index in [0.29, 0.717) is 13.8 Å². The number of esters is 1. The predicted molar refractivity (Wildman–Crippen MR) is 92.3 cm³/mol. The molecule has 0 spiro atoms. The van der Waals surface area contributed by atoms with E-state index in [1.807, 2.05) is 0 Å². The smallest absolute Gasteiger partial charge is 0.337 e. The summed E-state index contributed by atoms with van der Waals surface area (Å²) in [5.41, 5.74) is 0.150. The fourth-order valence-electron chi connectivity index (χ4n) is 1.79. The Morgan fingerprint density at radius 3 is 2.09 bits per heavy atom. The fourth-order valence-corrected chi connectivity index (χ4v) is 5.03. The largest absolute Gasteiger partial charge is 0.465 e. The number of benzene rings is 2. The minimum Gasteiger partial charge on any atom is -0.465 e. The zero-order valence-corrected chi connectivity index (χ0v) is 16.1. The summed E-state index contributed by atoms with van der Waals surface area (Å²) in [5, 5.41) is 0. The summed E-state index contributed by atoms with van der Waals surface area (Å²) in [6.45, 7) is 0. The number of rotatable bonds is 3. The molecule has 4 nitrogen and oxygen atoms in total. The second-order valence-electron chi connectivity index (χ2n) is 4.32. The van der Waals surface area contributed by atoms with Gasteiger partial charge in [0.1, 0.15) is 0 Å². The van der Waals surface area contributed by atoms with Crippen LogP contribution in [-0.4, -0.2) is 21.5 Å². The molecule has 2 aromatic rings. The van der Waals surface area contributed by atoms with Crippen LogP contribution in [0.1, 0.15) is 10.4 Å². The maximum Gasteiger partial charge on any atom is 0.337 e. The third-order valence-electron chi connectivity index (χ3n) is 2.77. The van der Waals surface area contributed by atoms with Crippen molar-refractivity contribution in [2.45, 2.75) is 14.7 Å². The van der Waals surface area contributed by atoms with Crippen molar-refractivity contribution in [3.8, 4) is 0 Å². The molecular weight excluding hydrogens is 456 g/mol. The van der Waals surface area contributed by atoms with Crippen molar-refractivity contribution >= 4 is 60.3 Å². The summed E-state index contributed by atoms with van der Waals surface area (Å²) < 4.78 is 31.1. The molecule has 0 saturated carbocycles. The number of hydrogen-bond acceptors (Lipinski definition) is 5. The standard InChI is InChI=1S/C14H10Br2O4S2/c1-20-14(17)8-2-9(15)5-12(3-8)22(18,19)13-6-10(16)4-11(21)7-13/h2-7,21H,1H3. The molecule has 0 bridgehead atoms. The van der Waals surface area contributed by atoms with Gasteiger partial charge in [-0.1, -0.05) is 31.9 Å². The zero-order chi connectivity index (χ0) is 16.5. The lowest BCUT2D eigenvalue weighted by molar-refractivity contribution is 0.0600. The first-order valence-corrected chi connectivity index (χ1v) is 9.39. The molecule has 0 unspecified atom stereocenters. The van der Waals surface area contributed by atoms with E-state index in [1.54, 1.807) is 6.07 Å². The van der Waals surface area contributed by atoms with E-state index >= 15 is 0 Å². The molecule has 2 aromatic carbocycles. The lowest BCUT2D eigenvalue weighted by atomic mass is 10.2. The molecule has 0 fully saturated rings. The SMILES string of the molecule is COC(=O)c1cc(Br)cc(S(=O)(=O)c2cc(S)cc(Br)c2)c1. The summed E-state index contributed by atoms with van der Waals surface area (Å²) in [5.74, 6) is -0.609. The first-order chi connectivity index (χ1) is 10.2. The highest BCUT2D eigenvalue weighted by atomic mass is 79.9. The molecule has 0 atom stereocenters. The molecule has 0 aliphatic rings. The van der Waals surface area contributed by atoms with E-state index in [0.717, 1.165) is 0 Å². The number of methoxy groups -OCH3 is 1. The van der Waals surface area contributed by atoms with Gasteiger partial charge >= 0.3 is 5.97 Å². The van der Waals surface area contributed by atoms with Gasteiger partial charge in [0.2, 0.25) is 9.84 Å². The average Bonchev–Trinajstić information content (AvgIpc) is 2.44. The van der Waals surface area contributed by atoms with E-state index in [4.69, 9.17) is 0 Å². The van der Waals surface area contributed by atoms with Crippen molar-refractivity contribution in [1.82, 2.24) is 0 Å². The van der Waals surface area contributed by atoms with Gasteiger partial charge in [-0.3, -0.25) is 0 Å². The highest BCUT2D eigenvalue weighted by molar-refractivity contribution is 9.10. The predicted octanol–water partition coefficient (Wildman–Crippen LogP) is 4.12. The number of carbonyl (C=O) groups is 1. The van der Waals surface area contributed by atoms with Crippen LogP contribution in [0.25, 0.3) is 0 Å². The summed E-state index contributed by atoms with van der Waals surface area (Å²) in [4.78, 5) is 12.2. The minimum absolute atomic E-state index is 0.00638.